The minimum absolute atomic E-state index is 0.0816. The Morgan fingerprint density at radius 3 is 2.75 bits per heavy atom. The fourth-order valence-corrected chi connectivity index (χ4v) is 1.56. The Labute approximate surface area is 115 Å². The van der Waals surface area contributed by atoms with E-state index in [0.29, 0.717) is 0 Å². The molecule has 7 nitrogen and oxygen atoms in total. The van der Waals surface area contributed by atoms with Gasteiger partial charge in [-0.15, -0.1) is 6.58 Å². The first kappa shape index (κ1) is 15.5. The number of nitrogens with zero attached hydrogens (tertiary/aromatic N) is 1. The van der Waals surface area contributed by atoms with Crippen LogP contribution in [0, 0.1) is 0 Å². The van der Waals surface area contributed by atoms with E-state index in [4.69, 9.17) is 9.52 Å². The number of carbonyl (C=O) groups is 3. The summed E-state index contributed by atoms with van der Waals surface area (Å²) in [5, 5.41) is 11.2. The van der Waals surface area contributed by atoms with E-state index in [2.05, 4.69) is 11.9 Å². The molecule has 0 saturated carbocycles. The van der Waals surface area contributed by atoms with Crippen molar-refractivity contribution in [3.8, 4) is 0 Å². The third-order valence-electron chi connectivity index (χ3n) is 2.45. The number of furan rings is 1. The molecule has 0 aromatic carbocycles. The van der Waals surface area contributed by atoms with Gasteiger partial charge in [0.05, 0.1) is 6.26 Å². The number of aliphatic carboxylic acids is 1. The molecular formula is C13H16N2O5. The van der Waals surface area contributed by atoms with E-state index in [-0.39, 0.29) is 12.3 Å². The highest BCUT2D eigenvalue weighted by Crippen LogP contribution is 2.02. The summed E-state index contributed by atoms with van der Waals surface area (Å²) in [6.07, 6.45) is 2.76. The van der Waals surface area contributed by atoms with Crippen molar-refractivity contribution in [3.05, 3.63) is 36.8 Å². The van der Waals surface area contributed by atoms with Crippen LogP contribution in [0.25, 0.3) is 0 Å². The van der Waals surface area contributed by atoms with E-state index in [0.717, 1.165) is 4.90 Å². The molecule has 1 unspecified atom stereocenters. The molecule has 1 aromatic heterocycles. The van der Waals surface area contributed by atoms with Gasteiger partial charge < -0.3 is 19.7 Å². The van der Waals surface area contributed by atoms with Crippen molar-refractivity contribution >= 4 is 17.8 Å². The Balaban J connectivity index is 2.66. The Kier molecular flexibility index (Phi) is 5.52. The van der Waals surface area contributed by atoms with Crippen molar-refractivity contribution in [2.45, 2.75) is 13.0 Å². The van der Waals surface area contributed by atoms with Gasteiger partial charge in [-0.1, -0.05) is 6.08 Å². The third kappa shape index (κ3) is 4.27. The minimum atomic E-state index is -1.13. The monoisotopic (exact) mass is 280 g/mol. The molecule has 0 aliphatic heterocycles. The van der Waals surface area contributed by atoms with Crippen LogP contribution in [0.15, 0.2) is 35.5 Å². The Bertz CT molecular complexity index is 495. The predicted octanol–water partition coefficient (Wildman–Crippen LogP) is 0.497. The summed E-state index contributed by atoms with van der Waals surface area (Å²) < 4.78 is 4.90. The van der Waals surface area contributed by atoms with Gasteiger partial charge in [0.1, 0.15) is 12.6 Å². The number of hydrogen-bond donors (Lipinski definition) is 2. The zero-order valence-corrected chi connectivity index (χ0v) is 11.0. The van der Waals surface area contributed by atoms with E-state index in [9.17, 15) is 14.4 Å². The molecule has 108 valence electrons. The molecule has 1 atom stereocenters. The molecule has 1 heterocycles. The average Bonchev–Trinajstić information content (AvgIpc) is 2.90. The summed E-state index contributed by atoms with van der Waals surface area (Å²) in [5.41, 5.74) is 0. The molecule has 0 aliphatic rings. The first-order valence-corrected chi connectivity index (χ1v) is 5.91. The Hall–Kier alpha value is -2.57. The number of hydrogen-bond acceptors (Lipinski definition) is 4. The van der Waals surface area contributed by atoms with Crippen LogP contribution in [0.2, 0.25) is 0 Å². The van der Waals surface area contributed by atoms with Crippen LogP contribution >= 0.6 is 0 Å². The van der Waals surface area contributed by atoms with E-state index in [1.165, 1.54) is 25.3 Å². The number of rotatable bonds is 7. The number of amides is 2. The molecule has 0 radical (unpaired) electrons. The van der Waals surface area contributed by atoms with Crippen molar-refractivity contribution in [3.63, 3.8) is 0 Å². The van der Waals surface area contributed by atoms with E-state index < -0.39 is 30.4 Å². The van der Waals surface area contributed by atoms with Crippen LogP contribution in [0.3, 0.4) is 0 Å². The van der Waals surface area contributed by atoms with Crippen LogP contribution in [-0.4, -0.2) is 46.9 Å². The number of carboxylic acids is 1. The molecule has 0 aliphatic carbocycles. The number of carbonyl (C=O) groups excluding carboxylic acids is 2. The topological polar surface area (TPSA) is 99.9 Å². The van der Waals surface area contributed by atoms with Crippen LogP contribution in [0.4, 0.5) is 0 Å². The number of carboxylic acid groups (broad SMARTS) is 1. The van der Waals surface area contributed by atoms with Crippen molar-refractivity contribution in [2.75, 3.05) is 13.1 Å². The molecule has 0 bridgehead atoms. The highest BCUT2D eigenvalue weighted by Gasteiger charge is 2.24. The second-order valence-corrected chi connectivity index (χ2v) is 4.07. The van der Waals surface area contributed by atoms with E-state index in [1.54, 1.807) is 6.07 Å². The normalized spacial score (nSPS) is 11.4. The lowest BCUT2D eigenvalue weighted by molar-refractivity contribution is -0.144. The second-order valence-electron chi connectivity index (χ2n) is 4.07. The Morgan fingerprint density at radius 1 is 1.55 bits per heavy atom. The minimum Gasteiger partial charge on any atom is -0.480 e. The summed E-state index contributed by atoms with van der Waals surface area (Å²) in [6, 6.07) is 2.15. The van der Waals surface area contributed by atoms with Gasteiger partial charge in [-0.3, -0.25) is 14.4 Å². The summed E-state index contributed by atoms with van der Waals surface area (Å²) >= 11 is 0. The van der Waals surface area contributed by atoms with Gasteiger partial charge in [0, 0.05) is 6.54 Å². The molecule has 0 fully saturated rings. The molecule has 0 spiro atoms. The van der Waals surface area contributed by atoms with Gasteiger partial charge >= 0.3 is 5.97 Å². The first-order valence-electron chi connectivity index (χ1n) is 5.91. The first-order chi connectivity index (χ1) is 9.45. The summed E-state index contributed by atoms with van der Waals surface area (Å²) in [5.74, 6) is -2.10. The lowest BCUT2D eigenvalue weighted by atomic mass is 10.2. The lowest BCUT2D eigenvalue weighted by Gasteiger charge is -2.23. The molecule has 7 heteroatoms. The van der Waals surface area contributed by atoms with Crippen LogP contribution in [0.1, 0.15) is 17.5 Å². The number of nitrogens with one attached hydrogen (secondary N) is 1. The van der Waals surface area contributed by atoms with Gasteiger partial charge in [-0.2, -0.15) is 0 Å². The maximum Gasteiger partial charge on any atom is 0.323 e. The molecule has 1 rings (SSSR count). The van der Waals surface area contributed by atoms with Crippen molar-refractivity contribution < 1.29 is 23.9 Å². The van der Waals surface area contributed by atoms with Gasteiger partial charge in [0.25, 0.3) is 5.91 Å². The van der Waals surface area contributed by atoms with Gasteiger partial charge in [0.2, 0.25) is 5.91 Å². The molecule has 2 amide bonds. The zero-order chi connectivity index (χ0) is 15.1. The van der Waals surface area contributed by atoms with Gasteiger partial charge in [-0.05, 0) is 19.1 Å². The maximum absolute atomic E-state index is 12.0. The third-order valence-corrected chi connectivity index (χ3v) is 2.45. The SMILES string of the molecule is C=CCN(CC(=O)O)C(=O)C(C)NC(=O)c1ccco1. The zero-order valence-electron chi connectivity index (χ0n) is 11.0. The van der Waals surface area contributed by atoms with E-state index in [1.807, 2.05) is 0 Å². The maximum atomic E-state index is 12.0. The summed E-state index contributed by atoms with van der Waals surface area (Å²) in [4.78, 5) is 35.5. The average molecular weight is 280 g/mol. The van der Waals surface area contributed by atoms with Crippen molar-refractivity contribution in [1.29, 1.82) is 0 Å². The highest BCUT2D eigenvalue weighted by atomic mass is 16.4. The van der Waals surface area contributed by atoms with Crippen molar-refractivity contribution in [2.24, 2.45) is 0 Å². The van der Waals surface area contributed by atoms with Crippen LogP contribution < -0.4 is 5.32 Å². The standard InChI is InChI=1S/C13H16N2O5/c1-3-6-15(8-11(16)17)13(19)9(2)14-12(18)10-5-4-7-20-10/h3-5,7,9H,1,6,8H2,2H3,(H,14,18)(H,16,17). The largest absolute Gasteiger partial charge is 0.480 e. The predicted molar refractivity (Wildman–Crippen MR) is 70.0 cm³/mol. The smallest absolute Gasteiger partial charge is 0.323 e. The van der Waals surface area contributed by atoms with Crippen molar-refractivity contribution in [1.82, 2.24) is 10.2 Å². The summed E-state index contributed by atoms with van der Waals surface area (Å²) in [6.45, 7) is 4.57. The fraction of sp³-hybridized carbons (Fsp3) is 0.308. The summed E-state index contributed by atoms with van der Waals surface area (Å²) in [7, 11) is 0. The van der Waals surface area contributed by atoms with Crippen LogP contribution in [0.5, 0.6) is 0 Å². The quantitative estimate of drug-likeness (QED) is 0.708. The lowest BCUT2D eigenvalue weighted by Crippen LogP contribution is -2.48. The van der Waals surface area contributed by atoms with Gasteiger partial charge in [0.15, 0.2) is 5.76 Å². The second kappa shape index (κ2) is 7.13. The fourth-order valence-electron chi connectivity index (χ4n) is 1.56. The molecular weight excluding hydrogens is 264 g/mol. The molecule has 20 heavy (non-hydrogen) atoms. The van der Waals surface area contributed by atoms with Gasteiger partial charge in [-0.25, -0.2) is 0 Å². The Morgan fingerprint density at radius 2 is 2.25 bits per heavy atom. The van der Waals surface area contributed by atoms with E-state index >= 15 is 0 Å². The molecule has 0 saturated heterocycles. The molecule has 1 aromatic rings. The van der Waals surface area contributed by atoms with Crippen LogP contribution in [-0.2, 0) is 9.59 Å². The highest BCUT2D eigenvalue weighted by molar-refractivity contribution is 5.95. The molecule has 2 N–H and O–H groups in total.